The molecule has 2 heterocycles. The van der Waals surface area contributed by atoms with E-state index in [0.29, 0.717) is 16.3 Å². The van der Waals surface area contributed by atoms with Crippen LogP contribution in [0.25, 0.3) is 21.3 Å². The monoisotopic (exact) mass is 389 g/mol. The normalized spacial score (nSPS) is 11.7. The van der Waals surface area contributed by atoms with Crippen molar-refractivity contribution >= 4 is 38.0 Å². The Hall–Kier alpha value is -2.50. The number of rotatable bonds is 5. The number of nitrogens with zero attached hydrogens (tertiary/aromatic N) is 2. The lowest BCUT2D eigenvalue weighted by Gasteiger charge is -2.10. The summed E-state index contributed by atoms with van der Waals surface area (Å²) in [6.45, 7) is 4.12. The minimum atomic E-state index is -3.35. The molecule has 0 aliphatic carbocycles. The van der Waals surface area contributed by atoms with Crippen LogP contribution in [-0.2, 0) is 10.0 Å². The highest BCUT2D eigenvalue weighted by Crippen LogP contribution is 2.43. The van der Waals surface area contributed by atoms with E-state index in [0.717, 1.165) is 27.6 Å². The zero-order valence-electron chi connectivity index (χ0n) is 14.9. The van der Waals surface area contributed by atoms with Gasteiger partial charge in [-0.3, -0.25) is 4.72 Å². The van der Waals surface area contributed by atoms with Gasteiger partial charge in [-0.2, -0.15) is 5.26 Å². The highest BCUT2D eigenvalue weighted by Gasteiger charge is 2.19. The van der Waals surface area contributed by atoms with Crippen molar-refractivity contribution in [3.8, 4) is 22.3 Å². The lowest BCUT2D eigenvalue weighted by molar-refractivity contribution is 0.418. The van der Waals surface area contributed by atoms with Gasteiger partial charge in [0.25, 0.3) is 0 Å². The number of sulfonamides is 1. The zero-order valence-corrected chi connectivity index (χ0v) is 16.5. The van der Waals surface area contributed by atoms with Gasteiger partial charge in [-0.1, -0.05) is 6.07 Å². The Morgan fingerprint density at radius 2 is 2.04 bits per heavy atom. The Bertz CT molecular complexity index is 1120. The first kappa shape index (κ1) is 18.3. The zero-order chi connectivity index (χ0) is 19.1. The Balaban J connectivity index is 2.25. The number of methoxy groups -OCH3 is 1. The highest BCUT2D eigenvalue weighted by atomic mass is 32.2. The fourth-order valence-corrected chi connectivity index (χ4v) is 4.41. The van der Waals surface area contributed by atoms with Crippen LogP contribution in [0.15, 0.2) is 30.5 Å². The van der Waals surface area contributed by atoms with Crippen molar-refractivity contribution in [1.82, 2.24) is 4.57 Å². The van der Waals surface area contributed by atoms with Crippen molar-refractivity contribution < 1.29 is 13.2 Å². The van der Waals surface area contributed by atoms with Gasteiger partial charge in [0.1, 0.15) is 16.7 Å². The van der Waals surface area contributed by atoms with Gasteiger partial charge >= 0.3 is 0 Å². The van der Waals surface area contributed by atoms with E-state index in [1.54, 1.807) is 19.2 Å². The first-order valence-corrected chi connectivity index (χ1v) is 10.6. The molecule has 0 saturated carbocycles. The predicted octanol–water partition coefficient (Wildman–Crippen LogP) is 4.20. The lowest BCUT2D eigenvalue weighted by Crippen LogP contribution is -2.09. The first-order chi connectivity index (χ1) is 12.2. The smallest absolute Gasteiger partial charge is 0.229 e. The average molecular weight is 390 g/mol. The molecule has 136 valence electrons. The van der Waals surface area contributed by atoms with Gasteiger partial charge in [-0.05, 0) is 26.0 Å². The van der Waals surface area contributed by atoms with Gasteiger partial charge in [0, 0.05) is 29.3 Å². The number of thiophene rings is 1. The van der Waals surface area contributed by atoms with Crippen molar-refractivity contribution in [3.63, 3.8) is 0 Å². The summed E-state index contributed by atoms with van der Waals surface area (Å²) in [4.78, 5) is 1.47. The summed E-state index contributed by atoms with van der Waals surface area (Å²) in [7, 11) is -1.76. The third-order valence-electron chi connectivity index (χ3n) is 3.97. The Kier molecular flexibility index (Phi) is 4.69. The van der Waals surface area contributed by atoms with Crippen molar-refractivity contribution in [2.45, 2.75) is 19.9 Å². The second-order valence-electron chi connectivity index (χ2n) is 6.27. The van der Waals surface area contributed by atoms with E-state index in [4.69, 9.17) is 4.74 Å². The van der Waals surface area contributed by atoms with Crippen molar-refractivity contribution in [2.75, 3.05) is 18.1 Å². The SMILES string of the molecule is COc1cc(C#N)sc1-c1cn(C(C)C)c2cc(NS(C)(=O)=O)ccc12. The molecule has 8 heteroatoms. The van der Waals surface area contributed by atoms with E-state index in [1.807, 2.05) is 18.3 Å². The molecule has 0 bridgehead atoms. The molecule has 26 heavy (non-hydrogen) atoms. The lowest BCUT2D eigenvalue weighted by atomic mass is 10.1. The van der Waals surface area contributed by atoms with E-state index in [9.17, 15) is 13.7 Å². The molecule has 0 saturated heterocycles. The summed E-state index contributed by atoms with van der Waals surface area (Å²) in [6.07, 6.45) is 3.15. The topological polar surface area (TPSA) is 84.1 Å². The van der Waals surface area contributed by atoms with Crippen LogP contribution in [0.3, 0.4) is 0 Å². The molecule has 1 aromatic carbocycles. The minimum absolute atomic E-state index is 0.182. The van der Waals surface area contributed by atoms with Gasteiger partial charge in [-0.15, -0.1) is 11.3 Å². The molecule has 0 spiro atoms. The summed E-state index contributed by atoms with van der Waals surface area (Å²) >= 11 is 1.38. The summed E-state index contributed by atoms with van der Waals surface area (Å²) in [6, 6.07) is 9.53. The number of fused-ring (bicyclic) bond motifs is 1. The van der Waals surface area contributed by atoms with Crippen LogP contribution in [0, 0.1) is 11.3 Å². The number of ether oxygens (including phenoxy) is 1. The fraction of sp³-hybridized carbons (Fsp3) is 0.278. The molecule has 6 nitrogen and oxygen atoms in total. The van der Waals surface area contributed by atoms with Gasteiger partial charge in [0.2, 0.25) is 10.0 Å². The second-order valence-corrected chi connectivity index (χ2v) is 9.07. The molecular weight excluding hydrogens is 370 g/mol. The number of aromatic nitrogens is 1. The van der Waals surface area contributed by atoms with Gasteiger partial charge in [0.15, 0.2) is 0 Å². The molecule has 0 amide bonds. The molecule has 3 rings (SSSR count). The largest absolute Gasteiger partial charge is 0.495 e. The number of anilines is 1. The van der Waals surface area contributed by atoms with Crippen LogP contribution in [0.2, 0.25) is 0 Å². The fourth-order valence-electron chi connectivity index (χ4n) is 2.91. The number of hydrogen-bond acceptors (Lipinski definition) is 5. The van der Waals surface area contributed by atoms with E-state index in [2.05, 4.69) is 29.2 Å². The van der Waals surface area contributed by atoms with Gasteiger partial charge in [-0.25, -0.2) is 8.42 Å². The molecule has 0 fully saturated rings. The number of nitriles is 1. The summed E-state index contributed by atoms with van der Waals surface area (Å²) < 4.78 is 33.1. The van der Waals surface area contributed by atoms with Crippen LogP contribution < -0.4 is 9.46 Å². The molecule has 0 unspecified atom stereocenters. The number of hydrogen-bond donors (Lipinski definition) is 1. The Labute approximate surface area is 156 Å². The molecule has 0 atom stereocenters. The minimum Gasteiger partial charge on any atom is -0.495 e. The number of nitrogens with one attached hydrogen (secondary N) is 1. The molecule has 1 N–H and O–H groups in total. The van der Waals surface area contributed by atoms with Crippen LogP contribution >= 0.6 is 11.3 Å². The maximum Gasteiger partial charge on any atom is 0.229 e. The van der Waals surface area contributed by atoms with E-state index >= 15 is 0 Å². The van der Waals surface area contributed by atoms with Crippen LogP contribution in [0.4, 0.5) is 5.69 Å². The molecular formula is C18H19N3O3S2. The first-order valence-electron chi connectivity index (χ1n) is 7.94. The molecule has 0 aliphatic heterocycles. The van der Waals surface area contributed by atoms with Gasteiger partial charge < -0.3 is 9.30 Å². The van der Waals surface area contributed by atoms with Crippen LogP contribution in [0.5, 0.6) is 5.75 Å². The molecule has 0 radical (unpaired) electrons. The van der Waals surface area contributed by atoms with Crippen LogP contribution in [-0.4, -0.2) is 26.4 Å². The quantitative estimate of drug-likeness (QED) is 0.709. The maximum absolute atomic E-state index is 11.5. The van der Waals surface area contributed by atoms with Crippen molar-refractivity contribution in [1.29, 1.82) is 5.26 Å². The van der Waals surface area contributed by atoms with Gasteiger partial charge in [0.05, 0.1) is 29.4 Å². The van der Waals surface area contributed by atoms with E-state index in [-0.39, 0.29) is 6.04 Å². The Morgan fingerprint density at radius 1 is 1.31 bits per heavy atom. The molecule has 3 aromatic rings. The standard InChI is InChI=1S/C18H19N3O3S2/c1-11(2)21-10-15(18-17(24-3)8-13(9-19)25-18)14-6-5-12(7-16(14)21)20-26(4,22)23/h5-8,10-11,20H,1-4H3. The maximum atomic E-state index is 11.5. The summed E-state index contributed by atoms with van der Waals surface area (Å²) in [5.74, 6) is 0.660. The van der Waals surface area contributed by atoms with E-state index in [1.165, 1.54) is 11.3 Å². The number of benzene rings is 1. The van der Waals surface area contributed by atoms with E-state index < -0.39 is 10.0 Å². The molecule has 2 aromatic heterocycles. The van der Waals surface area contributed by atoms with Crippen molar-refractivity contribution in [2.24, 2.45) is 0 Å². The summed E-state index contributed by atoms with van der Waals surface area (Å²) in [5.41, 5.74) is 2.39. The third-order valence-corrected chi connectivity index (χ3v) is 5.63. The highest BCUT2D eigenvalue weighted by molar-refractivity contribution is 7.92. The Morgan fingerprint density at radius 3 is 2.62 bits per heavy atom. The summed E-state index contributed by atoms with van der Waals surface area (Å²) in [5, 5.41) is 10.2. The van der Waals surface area contributed by atoms with Crippen LogP contribution in [0.1, 0.15) is 24.8 Å². The second kappa shape index (κ2) is 6.67. The van der Waals surface area contributed by atoms with Crippen molar-refractivity contribution in [3.05, 3.63) is 35.3 Å². The third kappa shape index (κ3) is 3.41. The average Bonchev–Trinajstić information content (AvgIpc) is 3.13. The molecule has 0 aliphatic rings. The predicted molar refractivity (Wildman–Crippen MR) is 105 cm³/mol.